The van der Waals surface area contributed by atoms with E-state index in [0.717, 1.165) is 70.6 Å². The summed E-state index contributed by atoms with van der Waals surface area (Å²) in [6.45, 7) is 6.47. The molecule has 70 heavy (non-hydrogen) atoms. The molecule has 0 aromatic rings. The monoisotopic (exact) mass is 977 g/mol. The zero-order valence-electron chi connectivity index (χ0n) is 46.3. The minimum atomic E-state index is -0.828. The van der Waals surface area contributed by atoms with Crippen LogP contribution in [0.25, 0.3) is 0 Å². The summed E-state index contributed by atoms with van der Waals surface area (Å²) >= 11 is 0. The van der Waals surface area contributed by atoms with Gasteiger partial charge in [0.15, 0.2) is 6.10 Å². The lowest BCUT2D eigenvalue weighted by atomic mass is 10.0. The molecule has 0 aliphatic carbocycles. The van der Waals surface area contributed by atoms with E-state index in [1.807, 2.05) is 6.08 Å². The topological polar surface area (TPSA) is 78.9 Å². The predicted octanol–water partition coefficient (Wildman–Crippen LogP) is 20.2. The van der Waals surface area contributed by atoms with E-state index in [4.69, 9.17) is 14.2 Å². The summed E-state index contributed by atoms with van der Waals surface area (Å²) in [6.07, 6.45) is 75.0. The SMILES string of the molecule is CC/C=C\C/C=C\C/C=C\C/C=C\C/C=C\CC(=O)OC(COC(=O)CCCCCCCCCCCCC/C=C\CCCCCCCCCC)COC(=O)CCCCCCCCCCCCCCCC. The molecule has 0 radical (unpaired) electrons. The van der Waals surface area contributed by atoms with Gasteiger partial charge in [0.1, 0.15) is 13.2 Å². The van der Waals surface area contributed by atoms with E-state index < -0.39 is 12.1 Å². The summed E-state index contributed by atoms with van der Waals surface area (Å²) in [5.74, 6) is -1.03. The molecule has 1 atom stereocenters. The maximum absolute atomic E-state index is 12.8. The van der Waals surface area contributed by atoms with Gasteiger partial charge in [-0.1, -0.05) is 280 Å². The summed E-state index contributed by atoms with van der Waals surface area (Å²) in [7, 11) is 0. The van der Waals surface area contributed by atoms with Crippen molar-refractivity contribution in [2.24, 2.45) is 0 Å². The van der Waals surface area contributed by atoms with Gasteiger partial charge in [0.2, 0.25) is 0 Å². The Morgan fingerprint density at radius 1 is 0.314 bits per heavy atom. The quantitative estimate of drug-likeness (QED) is 0.0261. The number of hydrogen-bond acceptors (Lipinski definition) is 6. The molecule has 0 amide bonds. The van der Waals surface area contributed by atoms with Gasteiger partial charge in [0.05, 0.1) is 6.42 Å². The number of esters is 3. The van der Waals surface area contributed by atoms with Crippen LogP contribution in [0.15, 0.2) is 72.9 Å². The first-order valence-electron chi connectivity index (χ1n) is 29.9. The fourth-order valence-electron chi connectivity index (χ4n) is 8.51. The molecule has 0 rings (SSSR count). The number of allylic oxidation sites excluding steroid dienone is 11. The molecule has 404 valence electrons. The molecule has 0 aromatic heterocycles. The fraction of sp³-hybridized carbons (Fsp3) is 0.766. The molecule has 0 fully saturated rings. The van der Waals surface area contributed by atoms with Gasteiger partial charge in [-0.25, -0.2) is 0 Å². The predicted molar refractivity (Wildman–Crippen MR) is 302 cm³/mol. The van der Waals surface area contributed by atoms with Crippen molar-refractivity contribution in [3.63, 3.8) is 0 Å². The van der Waals surface area contributed by atoms with Crippen LogP contribution in [0.2, 0.25) is 0 Å². The molecule has 0 N–H and O–H groups in total. The summed E-state index contributed by atoms with van der Waals surface area (Å²) in [4.78, 5) is 38.1. The van der Waals surface area contributed by atoms with E-state index in [2.05, 4.69) is 81.5 Å². The number of carbonyl (C=O) groups is 3. The van der Waals surface area contributed by atoms with Crippen LogP contribution < -0.4 is 0 Å². The highest BCUT2D eigenvalue weighted by atomic mass is 16.6. The van der Waals surface area contributed by atoms with Crippen molar-refractivity contribution in [3.8, 4) is 0 Å². The number of ether oxygens (including phenoxy) is 3. The normalized spacial score (nSPS) is 12.6. The average molecular weight is 978 g/mol. The van der Waals surface area contributed by atoms with Gasteiger partial charge in [-0.15, -0.1) is 0 Å². The molecule has 0 saturated heterocycles. The van der Waals surface area contributed by atoms with Crippen molar-refractivity contribution in [1.82, 2.24) is 0 Å². The lowest BCUT2D eigenvalue weighted by Crippen LogP contribution is -2.30. The molecule has 0 aliphatic rings. The van der Waals surface area contributed by atoms with Crippen molar-refractivity contribution in [1.29, 1.82) is 0 Å². The van der Waals surface area contributed by atoms with E-state index >= 15 is 0 Å². The first-order chi connectivity index (χ1) is 34.5. The van der Waals surface area contributed by atoms with E-state index in [-0.39, 0.29) is 31.6 Å². The average Bonchev–Trinajstić information content (AvgIpc) is 3.36. The zero-order valence-corrected chi connectivity index (χ0v) is 46.3. The van der Waals surface area contributed by atoms with Gasteiger partial charge in [0.25, 0.3) is 0 Å². The lowest BCUT2D eigenvalue weighted by Gasteiger charge is -2.18. The van der Waals surface area contributed by atoms with Crippen molar-refractivity contribution in [3.05, 3.63) is 72.9 Å². The largest absolute Gasteiger partial charge is 0.462 e. The third-order valence-electron chi connectivity index (χ3n) is 13.0. The number of hydrogen-bond donors (Lipinski definition) is 0. The molecule has 0 aromatic carbocycles. The lowest BCUT2D eigenvalue weighted by molar-refractivity contribution is -0.166. The van der Waals surface area contributed by atoms with E-state index in [1.54, 1.807) is 6.08 Å². The summed E-state index contributed by atoms with van der Waals surface area (Å²) in [5, 5.41) is 0. The molecule has 0 aliphatic heterocycles. The van der Waals surface area contributed by atoms with Crippen LogP contribution in [0, 0.1) is 0 Å². The minimum Gasteiger partial charge on any atom is -0.462 e. The molecule has 1 unspecified atom stereocenters. The summed E-state index contributed by atoms with van der Waals surface area (Å²) in [5.41, 5.74) is 0. The van der Waals surface area contributed by atoms with Crippen LogP contribution in [0.3, 0.4) is 0 Å². The first-order valence-corrected chi connectivity index (χ1v) is 29.9. The molecule has 0 bridgehead atoms. The van der Waals surface area contributed by atoms with Gasteiger partial charge >= 0.3 is 17.9 Å². The van der Waals surface area contributed by atoms with E-state index in [1.165, 1.54) is 186 Å². The second-order valence-corrected chi connectivity index (χ2v) is 19.9. The maximum Gasteiger partial charge on any atom is 0.310 e. The molecular formula is C64H112O6. The Morgan fingerprint density at radius 3 is 0.929 bits per heavy atom. The fourth-order valence-corrected chi connectivity index (χ4v) is 8.51. The zero-order chi connectivity index (χ0) is 50.7. The van der Waals surface area contributed by atoms with Gasteiger partial charge in [-0.3, -0.25) is 14.4 Å². The number of carbonyl (C=O) groups excluding carboxylic acids is 3. The molecule has 6 nitrogen and oxygen atoms in total. The van der Waals surface area contributed by atoms with E-state index in [9.17, 15) is 14.4 Å². The standard InChI is InChI=1S/C64H112O6/c1-4-7-10-13-16-19-22-25-28-29-30-31-32-33-34-35-37-39-42-45-48-51-54-57-63(66)69-60-61(59-68-62(65)56-53-50-47-44-41-38-27-24-21-18-15-12-9-6-3)70-64(67)58-55-52-49-46-43-40-36-26-23-20-17-14-11-8-5-2/h8,11,17,20,26,29-30,36,43,46,52,55,61H,4-7,9-10,12-16,18-19,21-25,27-28,31-35,37-42,44-45,47-51,53-54,56-60H2,1-3H3/b11-8-,20-17-,30-29-,36-26-,46-43-,55-52-. The van der Waals surface area contributed by atoms with Crippen LogP contribution in [-0.2, 0) is 28.6 Å². The molecule has 6 heteroatoms. The number of rotatable bonds is 54. The Bertz CT molecular complexity index is 1310. The third kappa shape index (κ3) is 55.8. The third-order valence-corrected chi connectivity index (χ3v) is 13.0. The Balaban J connectivity index is 4.37. The Hall–Kier alpha value is -3.15. The molecule has 0 saturated carbocycles. The minimum absolute atomic E-state index is 0.0995. The van der Waals surface area contributed by atoms with Crippen molar-refractivity contribution in [2.75, 3.05) is 13.2 Å². The maximum atomic E-state index is 12.8. The van der Waals surface area contributed by atoms with Crippen molar-refractivity contribution < 1.29 is 28.6 Å². The van der Waals surface area contributed by atoms with Crippen molar-refractivity contribution >= 4 is 17.9 Å². The molecular weight excluding hydrogens is 865 g/mol. The summed E-state index contributed by atoms with van der Waals surface area (Å²) < 4.78 is 16.8. The van der Waals surface area contributed by atoms with Crippen LogP contribution >= 0.6 is 0 Å². The van der Waals surface area contributed by atoms with Crippen LogP contribution in [0.4, 0.5) is 0 Å². The Labute approximate surface area is 433 Å². The Morgan fingerprint density at radius 2 is 0.600 bits per heavy atom. The van der Waals surface area contributed by atoms with Crippen LogP contribution in [0.5, 0.6) is 0 Å². The molecule has 0 heterocycles. The van der Waals surface area contributed by atoms with E-state index in [0.29, 0.717) is 12.8 Å². The van der Waals surface area contributed by atoms with Crippen LogP contribution in [-0.4, -0.2) is 37.2 Å². The second kappa shape index (κ2) is 58.4. The second-order valence-electron chi connectivity index (χ2n) is 19.9. The number of unbranched alkanes of at least 4 members (excludes halogenated alkanes) is 32. The smallest absolute Gasteiger partial charge is 0.310 e. The highest BCUT2D eigenvalue weighted by Crippen LogP contribution is 2.16. The van der Waals surface area contributed by atoms with Gasteiger partial charge in [0, 0.05) is 12.8 Å². The van der Waals surface area contributed by atoms with Gasteiger partial charge in [-0.05, 0) is 70.6 Å². The highest BCUT2D eigenvalue weighted by molar-refractivity contribution is 5.72. The Kier molecular flexibility index (Phi) is 55.8. The van der Waals surface area contributed by atoms with Crippen molar-refractivity contribution in [2.45, 2.75) is 303 Å². The van der Waals surface area contributed by atoms with Gasteiger partial charge in [-0.2, -0.15) is 0 Å². The first kappa shape index (κ1) is 66.9. The highest BCUT2D eigenvalue weighted by Gasteiger charge is 2.19. The molecule has 0 spiro atoms. The summed E-state index contributed by atoms with van der Waals surface area (Å²) in [6, 6.07) is 0. The van der Waals surface area contributed by atoms with Crippen LogP contribution in [0.1, 0.15) is 297 Å². The van der Waals surface area contributed by atoms with Gasteiger partial charge < -0.3 is 14.2 Å².